The first-order valence-electron chi connectivity index (χ1n) is 10.1. The molecule has 1 heterocycles. The minimum Gasteiger partial charge on any atom is -0.353 e. The molecule has 3 rings (SSSR count). The molecule has 1 fully saturated rings. The number of piperidine rings is 1. The van der Waals surface area contributed by atoms with E-state index in [-0.39, 0.29) is 36.6 Å². The predicted octanol–water partition coefficient (Wildman–Crippen LogP) is 4.18. The molecule has 30 heavy (non-hydrogen) atoms. The van der Waals surface area contributed by atoms with E-state index in [1.807, 2.05) is 60.9 Å². The van der Waals surface area contributed by atoms with Crippen molar-refractivity contribution in [3.63, 3.8) is 0 Å². The van der Waals surface area contributed by atoms with Crippen molar-refractivity contribution in [1.29, 1.82) is 0 Å². The molecule has 2 aromatic carbocycles. The van der Waals surface area contributed by atoms with Crippen molar-refractivity contribution < 1.29 is 14.4 Å². The van der Waals surface area contributed by atoms with Crippen molar-refractivity contribution >= 4 is 35.2 Å². The van der Waals surface area contributed by atoms with Crippen molar-refractivity contribution in [2.75, 3.05) is 24.7 Å². The van der Waals surface area contributed by atoms with Gasteiger partial charge in [-0.15, -0.1) is 11.8 Å². The van der Waals surface area contributed by atoms with Crippen LogP contribution in [-0.4, -0.2) is 48.0 Å². The Morgan fingerprint density at radius 2 is 1.63 bits per heavy atom. The molecule has 2 N–H and O–H groups in total. The average Bonchev–Trinajstić information content (AvgIpc) is 2.78. The van der Waals surface area contributed by atoms with Crippen LogP contribution in [0.1, 0.15) is 36.0 Å². The topological polar surface area (TPSA) is 78.5 Å². The third kappa shape index (κ3) is 6.35. The second-order valence-electron chi connectivity index (χ2n) is 7.28. The predicted molar refractivity (Wildman–Crippen MR) is 120 cm³/mol. The Labute approximate surface area is 181 Å². The Balaban J connectivity index is 1.37. The standard InChI is InChI=1S/C23H27N3O3S/c1-30-20-9-7-17(8-10-20)21(27)11-12-22(28)24-19-13-15-26(16-14-19)23(29)25-18-5-3-2-4-6-18/h2-10,19H,11-16H2,1H3,(H,24,28)(H,25,29). The molecule has 158 valence electrons. The highest BCUT2D eigenvalue weighted by atomic mass is 32.2. The van der Waals surface area contributed by atoms with Crippen molar-refractivity contribution in [1.82, 2.24) is 10.2 Å². The molecule has 1 aliphatic rings. The van der Waals surface area contributed by atoms with Crippen molar-refractivity contribution in [3.8, 4) is 0 Å². The van der Waals surface area contributed by atoms with Gasteiger partial charge in [0.15, 0.2) is 5.78 Å². The van der Waals surface area contributed by atoms with Gasteiger partial charge in [0.1, 0.15) is 0 Å². The van der Waals surface area contributed by atoms with Crippen LogP contribution in [0.5, 0.6) is 0 Å². The van der Waals surface area contributed by atoms with E-state index in [9.17, 15) is 14.4 Å². The lowest BCUT2D eigenvalue weighted by molar-refractivity contribution is -0.122. The number of hydrogen-bond donors (Lipinski definition) is 2. The van der Waals surface area contributed by atoms with E-state index in [2.05, 4.69) is 10.6 Å². The van der Waals surface area contributed by atoms with E-state index < -0.39 is 0 Å². The lowest BCUT2D eigenvalue weighted by Gasteiger charge is -2.32. The van der Waals surface area contributed by atoms with E-state index in [1.54, 1.807) is 16.7 Å². The van der Waals surface area contributed by atoms with Gasteiger partial charge in [-0.05, 0) is 43.4 Å². The van der Waals surface area contributed by atoms with E-state index in [4.69, 9.17) is 0 Å². The van der Waals surface area contributed by atoms with E-state index >= 15 is 0 Å². The molecule has 7 heteroatoms. The minimum absolute atomic E-state index is 0.0230. The minimum atomic E-state index is -0.121. The van der Waals surface area contributed by atoms with Gasteiger partial charge in [0.2, 0.25) is 5.91 Å². The first-order valence-corrected chi connectivity index (χ1v) is 11.3. The van der Waals surface area contributed by atoms with Crippen LogP contribution in [0.15, 0.2) is 59.5 Å². The van der Waals surface area contributed by atoms with E-state index in [1.165, 1.54) is 0 Å². The highest BCUT2D eigenvalue weighted by molar-refractivity contribution is 7.98. The maximum Gasteiger partial charge on any atom is 0.321 e. The zero-order valence-electron chi connectivity index (χ0n) is 17.1. The smallest absolute Gasteiger partial charge is 0.321 e. The highest BCUT2D eigenvalue weighted by Gasteiger charge is 2.24. The molecular formula is C23H27N3O3S. The summed E-state index contributed by atoms with van der Waals surface area (Å²) in [6, 6.07) is 16.7. The van der Waals surface area contributed by atoms with Gasteiger partial charge in [-0.1, -0.05) is 30.3 Å². The number of benzene rings is 2. The lowest BCUT2D eigenvalue weighted by atomic mass is 10.0. The average molecular weight is 426 g/mol. The number of amides is 3. The normalized spacial score (nSPS) is 14.2. The third-order valence-corrected chi connectivity index (χ3v) is 5.91. The Morgan fingerprint density at radius 3 is 2.27 bits per heavy atom. The summed E-state index contributed by atoms with van der Waals surface area (Å²) in [4.78, 5) is 39.7. The number of carbonyl (C=O) groups excluding carboxylic acids is 3. The fourth-order valence-electron chi connectivity index (χ4n) is 3.40. The van der Waals surface area contributed by atoms with E-state index in [0.717, 1.165) is 10.6 Å². The summed E-state index contributed by atoms with van der Waals surface area (Å²) in [6.07, 6.45) is 3.78. The molecule has 0 radical (unpaired) electrons. The molecule has 1 saturated heterocycles. The number of thioether (sulfide) groups is 1. The number of likely N-dealkylation sites (tertiary alicyclic amines) is 1. The summed E-state index contributed by atoms with van der Waals surface area (Å²) in [5, 5.41) is 5.88. The number of urea groups is 1. The van der Waals surface area contributed by atoms with Gasteiger partial charge in [-0.3, -0.25) is 9.59 Å². The summed E-state index contributed by atoms with van der Waals surface area (Å²) in [7, 11) is 0. The number of Topliss-reactive ketones (excluding diaryl/α,β-unsaturated/α-hetero) is 1. The van der Waals surface area contributed by atoms with Crippen LogP contribution in [0.3, 0.4) is 0 Å². The zero-order valence-corrected chi connectivity index (χ0v) is 17.9. The largest absolute Gasteiger partial charge is 0.353 e. The molecule has 3 amide bonds. The van der Waals surface area contributed by atoms with Crippen LogP contribution in [0.4, 0.5) is 10.5 Å². The SMILES string of the molecule is CSc1ccc(C(=O)CCC(=O)NC2CCN(C(=O)Nc3ccccc3)CC2)cc1. The number of rotatable bonds is 7. The first-order chi connectivity index (χ1) is 14.5. The van der Waals surface area contributed by atoms with Gasteiger partial charge in [-0.25, -0.2) is 4.79 Å². The van der Waals surface area contributed by atoms with Crippen LogP contribution in [-0.2, 0) is 4.79 Å². The summed E-state index contributed by atoms with van der Waals surface area (Å²) in [5.41, 5.74) is 1.41. The van der Waals surface area contributed by atoms with Crippen LogP contribution in [0.2, 0.25) is 0 Å². The zero-order chi connectivity index (χ0) is 21.3. The van der Waals surface area contributed by atoms with Crippen LogP contribution in [0, 0.1) is 0 Å². The third-order valence-electron chi connectivity index (χ3n) is 5.16. The van der Waals surface area contributed by atoms with Gasteiger partial charge in [0, 0.05) is 48.1 Å². The molecule has 0 saturated carbocycles. The number of nitrogens with one attached hydrogen (secondary N) is 2. The molecule has 0 aromatic heterocycles. The molecule has 0 spiro atoms. The number of para-hydroxylation sites is 1. The molecule has 0 aliphatic carbocycles. The number of ketones is 1. The lowest BCUT2D eigenvalue weighted by Crippen LogP contribution is -2.47. The Morgan fingerprint density at radius 1 is 0.967 bits per heavy atom. The molecule has 2 aromatic rings. The first kappa shape index (κ1) is 21.9. The van der Waals surface area contributed by atoms with Gasteiger partial charge in [0.05, 0.1) is 0 Å². The van der Waals surface area contributed by atoms with Crippen molar-refractivity contribution in [2.45, 2.75) is 36.6 Å². The Hall–Kier alpha value is -2.80. The van der Waals surface area contributed by atoms with Crippen LogP contribution < -0.4 is 10.6 Å². The number of carbonyl (C=O) groups is 3. The van der Waals surface area contributed by atoms with Crippen molar-refractivity contribution in [3.05, 3.63) is 60.2 Å². The molecule has 1 aliphatic heterocycles. The van der Waals surface area contributed by atoms with Crippen molar-refractivity contribution in [2.24, 2.45) is 0 Å². The Bertz CT molecular complexity index is 863. The van der Waals surface area contributed by atoms with Gasteiger partial charge >= 0.3 is 6.03 Å². The number of anilines is 1. The number of nitrogens with zero attached hydrogens (tertiary/aromatic N) is 1. The molecule has 6 nitrogen and oxygen atoms in total. The molecular weight excluding hydrogens is 398 g/mol. The van der Waals surface area contributed by atoms with E-state index in [0.29, 0.717) is 31.5 Å². The summed E-state index contributed by atoms with van der Waals surface area (Å²) in [6.45, 7) is 1.18. The fraction of sp³-hybridized carbons (Fsp3) is 0.348. The highest BCUT2D eigenvalue weighted by Crippen LogP contribution is 2.17. The second kappa shape index (κ2) is 10.8. The maximum atomic E-state index is 12.3. The molecule has 0 bridgehead atoms. The van der Waals surface area contributed by atoms with Crippen LogP contribution >= 0.6 is 11.8 Å². The second-order valence-corrected chi connectivity index (χ2v) is 8.16. The maximum absolute atomic E-state index is 12.3. The van der Waals surface area contributed by atoms with Crippen LogP contribution in [0.25, 0.3) is 0 Å². The summed E-state index contributed by atoms with van der Waals surface area (Å²) >= 11 is 1.63. The monoisotopic (exact) mass is 425 g/mol. The quantitative estimate of drug-likeness (QED) is 0.515. The molecule has 0 atom stereocenters. The van der Waals surface area contributed by atoms with Gasteiger partial charge in [-0.2, -0.15) is 0 Å². The molecule has 0 unspecified atom stereocenters. The van der Waals surface area contributed by atoms with Gasteiger partial charge < -0.3 is 15.5 Å². The number of hydrogen-bond acceptors (Lipinski definition) is 4. The van der Waals surface area contributed by atoms with Gasteiger partial charge in [0.25, 0.3) is 0 Å². The summed E-state index contributed by atoms with van der Waals surface area (Å²) in [5.74, 6) is -0.138. The summed E-state index contributed by atoms with van der Waals surface area (Å²) < 4.78 is 0. The Kier molecular flexibility index (Phi) is 7.90. The fourth-order valence-corrected chi connectivity index (χ4v) is 3.81.